The molecule has 0 saturated carbocycles. The first-order chi connectivity index (χ1) is 15.7. The highest BCUT2D eigenvalue weighted by Crippen LogP contribution is 2.33. The molecular weight excluding hydrogens is 402 g/mol. The first kappa shape index (κ1) is 22.1. The van der Waals surface area contributed by atoms with Crippen molar-refractivity contribution in [3.05, 3.63) is 65.5 Å². The molecule has 168 valence electrons. The van der Waals surface area contributed by atoms with Gasteiger partial charge in [0.05, 0.1) is 7.11 Å². The van der Waals surface area contributed by atoms with Gasteiger partial charge in [-0.2, -0.15) is 4.98 Å². The summed E-state index contributed by atoms with van der Waals surface area (Å²) in [4.78, 5) is 19.7. The zero-order valence-corrected chi connectivity index (χ0v) is 18.9. The van der Waals surface area contributed by atoms with Crippen LogP contribution in [-0.4, -0.2) is 34.6 Å². The number of carbonyl (C=O) groups excluding carboxylic acids is 1. The third-order valence-corrected chi connectivity index (χ3v) is 6.11. The second kappa shape index (κ2) is 10.4. The molecular formula is C26H31N3O3. The number of aryl methyl sites for hydroxylation is 1. The number of hydrogen-bond donors (Lipinski definition) is 0. The zero-order valence-electron chi connectivity index (χ0n) is 18.9. The number of likely N-dealkylation sites (tertiary alicyclic amines) is 1. The minimum atomic E-state index is -0.185. The first-order valence-electron chi connectivity index (χ1n) is 11.6. The molecule has 1 aliphatic heterocycles. The second-order valence-electron chi connectivity index (χ2n) is 8.35. The Bertz CT molecular complexity index is 1010. The van der Waals surface area contributed by atoms with Crippen LogP contribution >= 0.6 is 0 Å². The topological polar surface area (TPSA) is 68.5 Å². The van der Waals surface area contributed by atoms with Crippen molar-refractivity contribution in [3.63, 3.8) is 0 Å². The van der Waals surface area contributed by atoms with Crippen molar-refractivity contribution in [2.45, 2.75) is 57.9 Å². The first-order valence-corrected chi connectivity index (χ1v) is 11.6. The largest absolute Gasteiger partial charge is 0.497 e. The highest BCUT2D eigenvalue weighted by Gasteiger charge is 2.34. The van der Waals surface area contributed by atoms with Crippen molar-refractivity contribution >= 4 is 5.91 Å². The summed E-state index contributed by atoms with van der Waals surface area (Å²) in [6.07, 6.45) is 7.79. The number of unbranched alkanes of at least 4 members (excludes halogenated alkanes) is 3. The highest BCUT2D eigenvalue weighted by atomic mass is 16.5. The number of aromatic nitrogens is 2. The van der Waals surface area contributed by atoms with Crippen LogP contribution in [0, 0.1) is 0 Å². The molecule has 1 aliphatic rings. The van der Waals surface area contributed by atoms with Crippen LogP contribution in [0.4, 0.5) is 0 Å². The molecule has 32 heavy (non-hydrogen) atoms. The summed E-state index contributed by atoms with van der Waals surface area (Å²) in [5.41, 5.74) is 2.85. The standard InChI is InChI=1S/C26H31N3O3/c1-3-4-5-6-8-19-10-12-21(13-11-19)26(30)29-18-7-9-23(29)25-27-24(28-32-25)20-14-16-22(31-2)17-15-20/h10-17,23H,3-9,18H2,1-2H3. The number of hydrogen-bond acceptors (Lipinski definition) is 5. The molecule has 1 unspecified atom stereocenters. The molecule has 0 bridgehead atoms. The number of carbonyl (C=O) groups is 1. The van der Waals surface area contributed by atoms with E-state index >= 15 is 0 Å². The lowest BCUT2D eigenvalue weighted by Gasteiger charge is -2.22. The predicted octanol–water partition coefficient (Wildman–Crippen LogP) is 5.85. The molecule has 1 atom stereocenters. The average Bonchev–Trinajstić information content (AvgIpc) is 3.52. The van der Waals surface area contributed by atoms with Crippen molar-refractivity contribution in [3.8, 4) is 17.1 Å². The molecule has 2 heterocycles. The van der Waals surface area contributed by atoms with E-state index in [2.05, 4.69) is 29.2 Å². The van der Waals surface area contributed by atoms with Crippen LogP contribution in [0.1, 0.15) is 73.3 Å². The van der Waals surface area contributed by atoms with Gasteiger partial charge in [0.1, 0.15) is 11.8 Å². The summed E-state index contributed by atoms with van der Waals surface area (Å²) in [7, 11) is 1.63. The van der Waals surface area contributed by atoms with E-state index in [9.17, 15) is 4.79 Å². The molecule has 1 amide bonds. The lowest BCUT2D eigenvalue weighted by atomic mass is 10.0. The Balaban J connectivity index is 1.43. The van der Waals surface area contributed by atoms with Crippen molar-refractivity contribution < 1.29 is 14.1 Å². The summed E-state index contributed by atoms with van der Waals surface area (Å²) >= 11 is 0. The quantitative estimate of drug-likeness (QED) is 0.396. The van der Waals surface area contributed by atoms with Gasteiger partial charge in [-0.25, -0.2) is 0 Å². The van der Waals surface area contributed by atoms with Crippen LogP contribution in [0.15, 0.2) is 53.1 Å². The maximum Gasteiger partial charge on any atom is 0.254 e. The summed E-state index contributed by atoms with van der Waals surface area (Å²) in [6, 6.07) is 15.4. The van der Waals surface area contributed by atoms with E-state index in [1.807, 2.05) is 41.3 Å². The average molecular weight is 434 g/mol. The number of ether oxygens (including phenoxy) is 1. The Morgan fingerprint density at radius 1 is 1.09 bits per heavy atom. The number of rotatable bonds is 9. The third-order valence-electron chi connectivity index (χ3n) is 6.11. The van der Waals surface area contributed by atoms with E-state index in [0.29, 0.717) is 23.8 Å². The lowest BCUT2D eigenvalue weighted by molar-refractivity contribution is 0.0710. The Morgan fingerprint density at radius 2 is 1.88 bits per heavy atom. The fourth-order valence-corrected chi connectivity index (χ4v) is 4.23. The fourth-order valence-electron chi connectivity index (χ4n) is 4.23. The molecule has 0 aliphatic carbocycles. The van der Waals surface area contributed by atoms with Crippen molar-refractivity contribution in [1.29, 1.82) is 0 Å². The third kappa shape index (κ3) is 5.01. The molecule has 0 N–H and O–H groups in total. The van der Waals surface area contributed by atoms with Crippen LogP contribution in [-0.2, 0) is 6.42 Å². The van der Waals surface area contributed by atoms with Gasteiger partial charge in [0, 0.05) is 17.7 Å². The van der Waals surface area contributed by atoms with E-state index < -0.39 is 0 Å². The Morgan fingerprint density at radius 3 is 2.59 bits per heavy atom. The fraction of sp³-hybridized carbons (Fsp3) is 0.423. The van der Waals surface area contributed by atoms with Gasteiger partial charge in [0.15, 0.2) is 0 Å². The van der Waals surface area contributed by atoms with Gasteiger partial charge >= 0.3 is 0 Å². The minimum Gasteiger partial charge on any atom is -0.497 e. The van der Waals surface area contributed by atoms with Crippen LogP contribution in [0.2, 0.25) is 0 Å². The number of nitrogens with zero attached hydrogens (tertiary/aromatic N) is 3. The zero-order chi connectivity index (χ0) is 22.3. The minimum absolute atomic E-state index is 0.0224. The van der Waals surface area contributed by atoms with Crippen LogP contribution < -0.4 is 4.74 Å². The second-order valence-corrected chi connectivity index (χ2v) is 8.35. The summed E-state index contributed by atoms with van der Waals surface area (Å²) in [6.45, 7) is 2.92. The SMILES string of the molecule is CCCCCCc1ccc(C(=O)N2CCCC2c2nc(-c3ccc(OC)cc3)no2)cc1. The van der Waals surface area contributed by atoms with Crippen LogP contribution in [0.25, 0.3) is 11.4 Å². The maximum atomic E-state index is 13.2. The molecule has 4 rings (SSSR count). The molecule has 6 heteroatoms. The number of amides is 1. The van der Waals surface area contributed by atoms with E-state index in [4.69, 9.17) is 9.26 Å². The van der Waals surface area contributed by atoms with Gasteiger partial charge in [-0.1, -0.05) is 43.5 Å². The number of benzene rings is 2. The van der Waals surface area contributed by atoms with E-state index in [-0.39, 0.29) is 11.9 Å². The molecule has 3 aromatic rings. The summed E-state index contributed by atoms with van der Waals surface area (Å²) < 4.78 is 10.8. The highest BCUT2D eigenvalue weighted by molar-refractivity contribution is 5.94. The Labute approximate surface area is 189 Å². The van der Waals surface area contributed by atoms with Crippen molar-refractivity contribution in [2.75, 3.05) is 13.7 Å². The monoisotopic (exact) mass is 433 g/mol. The molecule has 1 aromatic heterocycles. The van der Waals surface area contributed by atoms with Gasteiger partial charge in [0.25, 0.3) is 5.91 Å². The van der Waals surface area contributed by atoms with Gasteiger partial charge in [-0.15, -0.1) is 0 Å². The van der Waals surface area contributed by atoms with E-state index in [1.54, 1.807) is 7.11 Å². The van der Waals surface area contributed by atoms with Crippen molar-refractivity contribution in [2.24, 2.45) is 0 Å². The van der Waals surface area contributed by atoms with Gasteiger partial charge in [-0.3, -0.25) is 4.79 Å². The van der Waals surface area contributed by atoms with Gasteiger partial charge < -0.3 is 14.2 Å². The predicted molar refractivity (Wildman–Crippen MR) is 124 cm³/mol. The Hall–Kier alpha value is -3.15. The molecule has 0 spiro atoms. The molecule has 0 radical (unpaired) electrons. The van der Waals surface area contributed by atoms with Gasteiger partial charge in [0.2, 0.25) is 11.7 Å². The number of methoxy groups -OCH3 is 1. The smallest absolute Gasteiger partial charge is 0.254 e. The van der Waals surface area contributed by atoms with E-state index in [0.717, 1.165) is 30.6 Å². The molecule has 6 nitrogen and oxygen atoms in total. The maximum absolute atomic E-state index is 13.2. The molecule has 1 saturated heterocycles. The lowest BCUT2D eigenvalue weighted by Crippen LogP contribution is -2.30. The summed E-state index contributed by atoms with van der Waals surface area (Å²) in [5.74, 6) is 1.81. The van der Waals surface area contributed by atoms with Crippen LogP contribution in [0.3, 0.4) is 0 Å². The van der Waals surface area contributed by atoms with Gasteiger partial charge in [-0.05, 0) is 67.6 Å². The molecule has 2 aromatic carbocycles. The van der Waals surface area contributed by atoms with Crippen LogP contribution in [0.5, 0.6) is 5.75 Å². The van der Waals surface area contributed by atoms with Crippen molar-refractivity contribution in [1.82, 2.24) is 15.0 Å². The summed E-state index contributed by atoms with van der Waals surface area (Å²) in [5, 5.41) is 4.14. The van der Waals surface area contributed by atoms with E-state index in [1.165, 1.54) is 31.2 Å². The molecule has 1 fully saturated rings. The Kier molecular flexibility index (Phi) is 7.20. The normalized spacial score (nSPS) is 15.8.